The van der Waals surface area contributed by atoms with Gasteiger partial charge in [0.25, 0.3) is 5.56 Å². The Balaban J connectivity index is 1.77. The largest absolute Gasteiger partial charge is 0.368 e. The van der Waals surface area contributed by atoms with Crippen molar-refractivity contribution in [2.24, 2.45) is 7.05 Å². The van der Waals surface area contributed by atoms with E-state index in [2.05, 4.69) is 26.9 Å². The number of nitrogens with zero attached hydrogens (tertiary/aromatic N) is 6. The van der Waals surface area contributed by atoms with Crippen molar-refractivity contribution < 1.29 is 0 Å². The summed E-state index contributed by atoms with van der Waals surface area (Å²) in [6, 6.07) is 1.68. The normalized spacial score (nSPS) is 16.4. The maximum Gasteiger partial charge on any atom is 0.269 e. The molecule has 3 heterocycles. The first kappa shape index (κ1) is 13.8. The van der Waals surface area contributed by atoms with E-state index in [4.69, 9.17) is 0 Å². The molecule has 7 nitrogen and oxygen atoms in total. The van der Waals surface area contributed by atoms with Gasteiger partial charge in [0.1, 0.15) is 0 Å². The monoisotopic (exact) mass is 288 g/mol. The number of aromatic nitrogens is 4. The highest BCUT2D eigenvalue weighted by Gasteiger charge is 2.15. The van der Waals surface area contributed by atoms with Crippen molar-refractivity contribution in [3.8, 4) is 0 Å². The predicted octanol–water partition coefficient (Wildman–Crippen LogP) is -0.223. The highest BCUT2D eigenvalue weighted by Crippen LogP contribution is 2.12. The first-order valence-electron chi connectivity index (χ1n) is 7.09. The first-order chi connectivity index (χ1) is 10.1. The van der Waals surface area contributed by atoms with Gasteiger partial charge in [-0.2, -0.15) is 5.10 Å². The molecular formula is C14H20N6O. The van der Waals surface area contributed by atoms with Crippen LogP contribution >= 0.6 is 0 Å². The molecule has 0 radical (unpaired) electrons. The molecule has 0 atom stereocenters. The van der Waals surface area contributed by atoms with Gasteiger partial charge in [-0.05, 0) is 7.05 Å². The van der Waals surface area contributed by atoms with E-state index in [0.717, 1.165) is 37.6 Å². The lowest BCUT2D eigenvalue weighted by atomic mass is 10.3. The fourth-order valence-electron chi connectivity index (χ4n) is 2.47. The van der Waals surface area contributed by atoms with Gasteiger partial charge in [-0.25, -0.2) is 9.67 Å². The summed E-state index contributed by atoms with van der Waals surface area (Å²) in [4.78, 5) is 20.8. The number of aryl methyl sites for hydroxylation is 1. The van der Waals surface area contributed by atoms with Crippen LogP contribution in [0.25, 0.3) is 0 Å². The molecule has 1 saturated heterocycles. The summed E-state index contributed by atoms with van der Waals surface area (Å²) in [5, 5.41) is 4.30. The maximum atomic E-state index is 12.2. The van der Waals surface area contributed by atoms with Crippen LogP contribution in [0.2, 0.25) is 0 Å². The molecule has 7 heteroatoms. The Hall–Kier alpha value is -2.15. The van der Waals surface area contributed by atoms with Crippen LogP contribution in [-0.2, 0) is 13.6 Å². The second kappa shape index (κ2) is 5.69. The third kappa shape index (κ3) is 2.97. The van der Waals surface area contributed by atoms with Crippen LogP contribution in [0.15, 0.2) is 29.6 Å². The molecule has 3 rings (SSSR count). The molecule has 0 aliphatic carbocycles. The van der Waals surface area contributed by atoms with Crippen molar-refractivity contribution in [3.05, 3.63) is 40.8 Å². The van der Waals surface area contributed by atoms with Gasteiger partial charge in [-0.3, -0.25) is 4.79 Å². The van der Waals surface area contributed by atoms with Gasteiger partial charge >= 0.3 is 0 Å². The lowest BCUT2D eigenvalue weighted by Gasteiger charge is -2.33. The number of imidazole rings is 1. The first-order valence-corrected chi connectivity index (χ1v) is 7.09. The summed E-state index contributed by atoms with van der Waals surface area (Å²) >= 11 is 0. The van der Waals surface area contributed by atoms with Crippen molar-refractivity contribution in [3.63, 3.8) is 0 Å². The van der Waals surface area contributed by atoms with Gasteiger partial charge in [0.2, 0.25) is 0 Å². The minimum Gasteiger partial charge on any atom is -0.368 e. The maximum absolute atomic E-state index is 12.2. The van der Waals surface area contributed by atoms with Crippen LogP contribution in [-0.4, -0.2) is 57.5 Å². The topological polar surface area (TPSA) is 59.2 Å². The molecule has 0 amide bonds. The molecule has 21 heavy (non-hydrogen) atoms. The quantitative estimate of drug-likeness (QED) is 0.781. The van der Waals surface area contributed by atoms with Crippen LogP contribution in [0.5, 0.6) is 0 Å². The van der Waals surface area contributed by atoms with Crippen molar-refractivity contribution >= 4 is 5.69 Å². The van der Waals surface area contributed by atoms with E-state index in [1.165, 1.54) is 4.68 Å². The zero-order valence-electron chi connectivity index (χ0n) is 12.4. The highest BCUT2D eigenvalue weighted by atomic mass is 16.1. The Morgan fingerprint density at radius 3 is 2.52 bits per heavy atom. The number of anilines is 1. The second-order valence-electron chi connectivity index (χ2n) is 5.50. The van der Waals surface area contributed by atoms with E-state index in [9.17, 15) is 4.79 Å². The van der Waals surface area contributed by atoms with Gasteiger partial charge in [-0.15, -0.1) is 0 Å². The SMILES string of the molecule is CN1CCN(c2cnn(Cc3cncn3C)c(=O)c2)CC1. The molecule has 2 aromatic heterocycles. The third-order valence-electron chi connectivity index (χ3n) is 3.95. The van der Waals surface area contributed by atoms with E-state index < -0.39 is 0 Å². The zero-order valence-corrected chi connectivity index (χ0v) is 12.4. The molecule has 0 spiro atoms. The van der Waals surface area contributed by atoms with Crippen LogP contribution in [0, 0.1) is 0 Å². The van der Waals surface area contributed by atoms with Crippen LogP contribution in [0.3, 0.4) is 0 Å². The lowest BCUT2D eigenvalue weighted by Crippen LogP contribution is -2.45. The van der Waals surface area contributed by atoms with Crippen LogP contribution < -0.4 is 10.5 Å². The average Bonchev–Trinajstić information content (AvgIpc) is 2.87. The Bertz CT molecular complexity index is 668. The molecule has 1 aliphatic rings. The Kier molecular flexibility index (Phi) is 3.74. The van der Waals surface area contributed by atoms with Gasteiger partial charge in [0.15, 0.2) is 0 Å². The zero-order chi connectivity index (χ0) is 14.8. The fraction of sp³-hybridized carbons (Fsp3) is 0.500. The lowest BCUT2D eigenvalue weighted by molar-refractivity contribution is 0.312. The average molecular weight is 288 g/mol. The standard InChI is InChI=1S/C14H20N6O/c1-17-3-5-19(6-4-17)12-7-14(21)20(16-9-12)10-13-8-15-11-18(13)2/h7-9,11H,3-6,10H2,1-2H3. The van der Waals surface area contributed by atoms with E-state index in [1.807, 2.05) is 11.6 Å². The summed E-state index contributed by atoms with van der Waals surface area (Å²) in [5.74, 6) is 0. The minimum absolute atomic E-state index is 0.0763. The molecule has 0 N–H and O–H groups in total. The summed E-state index contributed by atoms with van der Waals surface area (Å²) in [7, 11) is 4.02. The minimum atomic E-state index is -0.0763. The molecule has 112 valence electrons. The second-order valence-corrected chi connectivity index (χ2v) is 5.50. The van der Waals surface area contributed by atoms with Gasteiger partial charge in [-0.1, -0.05) is 0 Å². The highest BCUT2D eigenvalue weighted by molar-refractivity contribution is 5.43. The van der Waals surface area contributed by atoms with Crippen LogP contribution in [0.4, 0.5) is 5.69 Å². The van der Waals surface area contributed by atoms with Gasteiger partial charge < -0.3 is 14.4 Å². The fourth-order valence-corrected chi connectivity index (χ4v) is 2.47. The summed E-state index contributed by atoms with van der Waals surface area (Å²) < 4.78 is 3.36. The molecule has 1 fully saturated rings. The van der Waals surface area contributed by atoms with Crippen LogP contribution in [0.1, 0.15) is 5.69 Å². The van der Waals surface area contributed by atoms with E-state index >= 15 is 0 Å². The predicted molar refractivity (Wildman–Crippen MR) is 80.5 cm³/mol. The van der Waals surface area contributed by atoms with Crippen molar-refractivity contribution in [1.82, 2.24) is 24.2 Å². The summed E-state index contributed by atoms with van der Waals surface area (Å²) in [6.07, 6.45) is 5.25. The third-order valence-corrected chi connectivity index (χ3v) is 3.95. The summed E-state index contributed by atoms with van der Waals surface area (Å²) in [5.41, 5.74) is 1.79. The van der Waals surface area contributed by atoms with Crippen molar-refractivity contribution in [2.75, 3.05) is 38.1 Å². The van der Waals surface area contributed by atoms with Crippen molar-refractivity contribution in [2.45, 2.75) is 6.54 Å². The van der Waals surface area contributed by atoms with Gasteiger partial charge in [0, 0.05) is 39.3 Å². The molecule has 0 aromatic carbocycles. The molecule has 2 aromatic rings. The van der Waals surface area contributed by atoms with E-state index in [1.54, 1.807) is 24.8 Å². The number of hydrogen-bond donors (Lipinski definition) is 0. The molecule has 0 saturated carbocycles. The van der Waals surface area contributed by atoms with Crippen molar-refractivity contribution in [1.29, 1.82) is 0 Å². The Morgan fingerprint density at radius 1 is 1.14 bits per heavy atom. The molecule has 0 unspecified atom stereocenters. The van der Waals surface area contributed by atoms with E-state index in [-0.39, 0.29) is 5.56 Å². The summed E-state index contributed by atoms with van der Waals surface area (Å²) in [6.45, 7) is 4.33. The number of likely N-dealkylation sites (N-methyl/N-ethyl adjacent to an activating group) is 1. The van der Waals surface area contributed by atoms with E-state index in [0.29, 0.717) is 6.54 Å². The Labute approximate surface area is 123 Å². The smallest absolute Gasteiger partial charge is 0.269 e. The molecular weight excluding hydrogens is 268 g/mol. The molecule has 1 aliphatic heterocycles. The number of rotatable bonds is 3. The number of piperazine rings is 1. The van der Waals surface area contributed by atoms with Gasteiger partial charge in [0.05, 0.1) is 36.6 Å². The molecule has 0 bridgehead atoms. The number of hydrogen-bond acceptors (Lipinski definition) is 5. The Morgan fingerprint density at radius 2 is 1.90 bits per heavy atom.